The highest BCUT2D eigenvalue weighted by atomic mass is 79.9. The number of ether oxygens (including phenoxy) is 1. The van der Waals surface area contributed by atoms with Crippen molar-refractivity contribution in [3.8, 4) is 5.75 Å². The molecule has 1 heterocycles. The van der Waals surface area contributed by atoms with E-state index in [-0.39, 0.29) is 11.3 Å². The molecule has 0 bridgehead atoms. The Labute approximate surface area is 102 Å². The van der Waals surface area contributed by atoms with Crippen LogP contribution in [0.1, 0.15) is 18.4 Å². The van der Waals surface area contributed by atoms with E-state index in [1.165, 1.54) is 0 Å². The minimum Gasteiger partial charge on any atom is -0.492 e. The van der Waals surface area contributed by atoms with E-state index < -0.39 is 5.97 Å². The Kier molecular flexibility index (Phi) is 2.05. The maximum atomic E-state index is 11.1. The van der Waals surface area contributed by atoms with E-state index in [4.69, 9.17) is 9.84 Å². The number of carboxylic acid groups (broad SMARTS) is 1. The monoisotopic (exact) mass is 282 g/mol. The number of rotatable bonds is 1. The molecule has 16 heavy (non-hydrogen) atoms. The summed E-state index contributed by atoms with van der Waals surface area (Å²) in [6, 6.07) is 5.86. The van der Waals surface area contributed by atoms with Crippen LogP contribution in [0.5, 0.6) is 5.75 Å². The molecule has 1 N–H and O–H groups in total. The highest BCUT2D eigenvalue weighted by molar-refractivity contribution is 9.10. The van der Waals surface area contributed by atoms with Crippen molar-refractivity contribution in [2.45, 2.75) is 18.3 Å². The Morgan fingerprint density at radius 3 is 3.06 bits per heavy atom. The first-order valence-electron chi connectivity index (χ1n) is 5.30. The quantitative estimate of drug-likeness (QED) is 0.861. The SMILES string of the molecule is O=C(O)C1CC12CCOc1c(Br)cccc12. The van der Waals surface area contributed by atoms with Gasteiger partial charge in [0.2, 0.25) is 0 Å². The summed E-state index contributed by atoms with van der Waals surface area (Å²) in [5.41, 5.74) is 0.893. The lowest BCUT2D eigenvalue weighted by Gasteiger charge is -2.27. The van der Waals surface area contributed by atoms with Crippen molar-refractivity contribution in [2.75, 3.05) is 6.61 Å². The fraction of sp³-hybridized carbons (Fsp3) is 0.417. The highest BCUT2D eigenvalue weighted by Gasteiger charge is 2.61. The van der Waals surface area contributed by atoms with E-state index in [1.807, 2.05) is 18.2 Å². The Balaban J connectivity index is 2.09. The molecule has 3 nitrogen and oxygen atoms in total. The molecule has 1 aliphatic heterocycles. The molecule has 1 aromatic rings. The maximum Gasteiger partial charge on any atom is 0.307 e. The number of fused-ring (bicyclic) bond motifs is 2. The van der Waals surface area contributed by atoms with Crippen LogP contribution in [0.25, 0.3) is 0 Å². The van der Waals surface area contributed by atoms with Gasteiger partial charge in [-0.25, -0.2) is 0 Å². The van der Waals surface area contributed by atoms with Crippen molar-refractivity contribution >= 4 is 21.9 Å². The number of benzene rings is 1. The standard InChI is InChI=1S/C12H11BrO3/c13-9-3-1-2-7-10(9)16-5-4-12(7)6-8(12)11(14)15/h1-3,8H,4-6H2,(H,14,15). The largest absolute Gasteiger partial charge is 0.492 e. The summed E-state index contributed by atoms with van der Waals surface area (Å²) in [4.78, 5) is 11.1. The van der Waals surface area contributed by atoms with E-state index in [1.54, 1.807) is 0 Å². The van der Waals surface area contributed by atoms with Crippen molar-refractivity contribution in [3.63, 3.8) is 0 Å². The first-order chi connectivity index (χ1) is 7.65. The zero-order valence-electron chi connectivity index (χ0n) is 8.57. The van der Waals surface area contributed by atoms with Crippen LogP contribution >= 0.6 is 15.9 Å². The molecule has 0 amide bonds. The average Bonchev–Trinajstić information content (AvgIpc) is 2.96. The highest BCUT2D eigenvalue weighted by Crippen LogP contribution is 2.61. The molecular weight excluding hydrogens is 272 g/mol. The molecule has 1 aromatic carbocycles. The predicted molar refractivity (Wildman–Crippen MR) is 61.7 cm³/mol. The summed E-state index contributed by atoms with van der Waals surface area (Å²) >= 11 is 3.45. The molecule has 2 unspecified atom stereocenters. The number of para-hydroxylation sites is 1. The zero-order valence-corrected chi connectivity index (χ0v) is 10.2. The summed E-state index contributed by atoms with van der Waals surface area (Å²) < 4.78 is 6.53. The summed E-state index contributed by atoms with van der Waals surface area (Å²) in [6.45, 7) is 0.611. The second kappa shape index (κ2) is 3.23. The normalized spacial score (nSPS) is 30.7. The van der Waals surface area contributed by atoms with Gasteiger partial charge in [-0.1, -0.05) is 12.1 Å². The molecule has 1 saturated carbocycles. The van der Waals surface area contributed by atoms with Crippen LogP contribution in [-0.4, -0.2) is 17.7 Å². The predicted octanol–water partition coefficient (Wildman–Crippen LogP) is 2.57. The second-order valence-electron chi connectivity index (χ2n) is 4.47. The smallest absolute Gasteiger partial charge is 0.307 e. The van der Waals surface area contributed by atoms with Gasteiger partial charge in [-0.3, -0.25) is 4.79 Å². The Morgan fingerprint density at radius 2 is 2.38 bits per heavy atom. The van der Waals surface area contributed by atoms with Crippen LogP contribution in [0.2, 0.25) is 0 Å². The fourth-order valence-corrected chi connectivity index (χ4v) is 3.20. The number of carboxylic acids is 1. The van der Waals surface area contributed by atoms with Gasteiger partial charge in [-0.05, 0) is 34.8 Å². The second-order valence-corrected chi connectivity index (χ2v) is 5.32. The zero-order chi connectivity index (χ0) is 11.3. The van der Waals surface area contributed by atoms with E-state index in [0.717, 1.165) is 28.6 Å². The summed E-state index contributed by atoms with van der Waals surface area (Å²) in [5, 5.41) is 9.11. The van der Waals surface area contributed by atoms with Crippen molar-refractivity contribution in [1.82, 2.24) is 0 Å². The third-order valence-electron chi connectivity index (χ3n) is 3.67. The number of hydrogen-bond donors (Lipinski definition) is 1. The summed E-state index contributed by atoms with van der Waals surface area (Å²) in [5.74, 6) is -0.0882. The van der Waals surface area contributed by atoms with Gasteiger partial charge in [0.25, 0.3) is 0 Å². The number of hydrogen-bond acceptors (Lipinski definition) is 2. The third-order valence-corrected chi connectivity index (χ3v) is 4.30. The van der Waals surface area contributed by atoms with E-state index in [0.29, 0.717) is 6.61 Å². The van der Waals surface area contributed by atoms with Crippen LogP contribution < -0.4 is 4.74 Å². The minimum atomic E-state index is -0.687. The van der Waals surface area contributed by atoms with E-state index in [2.05, 4.69) is 15.9 Å². The molecule has 84 valence electrons. The molecule has 1 aliphatic carbocycles. The van der Waals surface area contributed by atoms with Crippen LogP contribution in [-0.2, 0) is 10.2 Å². The van der Waals surface area contributed by atoms with E-state index >= 15 is 0 Å². The van der Waals surface area contributed by atoms with Crippen molar-refractivity contribution in [1.29, 1.82) is 0 Å². The van der Waals surface area contributed by atoms with Gasteiger partial charge in [-0.15, -0.1) is 0 Å². The van der Waals surface area contributed by atoms with E-state index in [9.17, 15) is 4.79 Å². The molecule has 1 fully saturated rings. The Morgan fingerprint density at radius 1 is 1.56 bits per heavy atom. The molecule has 0 saturated heterocycles. The molecule has 4 heteroatoms. The molecule has 0 aromatic heterocycles. The molecule has 2 aliphatic rings. The number of halogens is 1. The van der Waals surface area contributed by atoms with Gasteiger partial charge in [0.05, 0.1) is 17.0 Å². The lowest BCUT2D eigenvalue weighted by molar-refractivity contribution is -0.139. The van der Waals surface area contributed by atoms with Crippen LogP contribution in [0.4, 0.5) is 0 Å². The van der Waals surface area contributed by atoms with Gasteiger partial charge in [0.1, 0.15) is 5.75 Å². The van der Waals surface area contributed by atoms with Gasteiger partial charge >= 0.3 is 5.97 Å². The molecular formula is C12H11BrO3. The molecule has 0 radical (unpaired) electrons. The van der Waals surface area contributed by atoms with Gasteiger partial charge < -0.3 is 9.84 Å². The van der Waals surface area contributed by atoms with Crippen molar-refractivity contribution in [3.05, 3.63) is 28.2 Å². The van der Waals surface area contributed by atoms with Crippen LogP contribution in [0, 0.1) is 5.92 Å². The lowest BCUT2D eigenvalue weighted by atomic mass is 9.87. The van der Waals surface area contributed by atoms with Crippen LogP contribution in [0.3, 0.4) is 0 Å². The number of carbonyl (C=O) groups is 1. The van der Waals surface area contributed by atoms with Gasteiger partial charge in [0.15, 0.2) is 0 Å². The minimum absolute atomic E-state index is 0.163. The summed E-state index contributed by atoms with van der Waals surface area (Å²) in [6.07, 6.45) is 1.56. The lowest BCUT2D eigenvalue weighted by Crippen LogP contribution is -2.24. The Hall–Kier alpha value is -1.03. The van der Waals surface area contributed by atoms with Gasteiger partial charge in [0, 0.05) is 11.0 Å². The van der Waals surface area contributed by atoms with Crippen molar-refractivity contribution < 1.29 is 14.6 Å². The van der Waals surface area contributed by atoms with Gasteiger partial charge in [-0.2, -0.15) is 0 Å². The molecule has 2 atom stereocenters. The Bertz CT molecular complexity index is 471. The van der Waals surface area contributed by atoms with Crippen molar-refractivity contribution in [2.24, 2.45) is 5.92 Å². The number of aliphatic carboxylic acids is 1. The first kappa shape index (κ1) is 10.1. The third kappa shape index (κ3) is 1.22. The molecule has 1 spiro atoms. The average molecular weight is 283 g/mol. The first-order valence-corrected chi connectivity index (χ1v) is 6.09. The molecule has 3 rings (SSSR count). The topological polar surface area (TPSA) is 46.5 Å². The summed E-state index contributed by atoms with van der Waals surface area (Å²) in [7, 11) is 0. The van der Waals surface area contributed by atoms with Crippen LogP contribution in [0.15, 0.2) is 22.7 Å². The fourth-order valence-electron chi connectivity index (χ4n) is 2.72. The maximum absolute atomic E-state index is 11.1.